The van der Waals surface area contributed by atoms with Crippen molar-refractivity contribution in [3.05, 3.63) is 0 Å². The van der Waals surface area contributed by atoms with Crippen LogP contribution in [0.1, 0.15) is 26.2 Å². The van der Waals surface area contributed by atoms with Gasteiger partial charge in [-0.05, 0) is 45.9 Å². The van der Waals surface area contributed by atoms with Gasteiger partial charge in [-0.15, -0.1) is 0 Å². The molecule has 4 nitrogen and oxygen atoms in total. The first-order valence-electron chi connectivity index (χ1n) is 7.93. The normalized spacial score (nSPS) is 28.6. The molecule has 0 bridgehead atoms. The topological polar surface area (TPSA) is 27.7 Å². The van der Waals surface area contributed by atoms with Gasteiger partial charge in [-0.3, -0.25) is 0 Å². The first kappa shape index (κ1) is 15.2. The number of ether oxygens (including phenoxy) is 1. The molecule has 0 aliphatic carbocycles. The van der Waals surface area contributed by atoms with E-state index < -0.39 is 0 Å². The molecule has 112 valence electrons. The summed E-state index contributed by atoms with van der Waals surface area (Å²) in [6, 6.07) is 0. The van der Waals surface area contributed by atoms with Crippen LogP contribution in [-0.2, 0) is 4.74 Å². The minimum absolute atomic E-state index is 0.343. The molecular formula is C15H31N3O. The van der Waals surface area contributed by atoms with Crippen LogP contribution >= 0.6 is 0 Å². The second-order valence-electron chi connectivity index (χ2n) is 6.37. The first-order chi connectivity index (χ1) is 9.24. The monoisotopic (exact) mass is 269 g/mol. The second kappa shape index (κ2) is 7.58. The van der Waals surface area contributed by atoms with Crippen LogP contribution in [0.3, 0.4) is 0 Å². The van der Waals surface area contributed by atoms with Gasteiger partial charge < -0.3 is 19.9 Å². The largest absolute Gasteiger partial charge is 0.381 e. The van der Waals surface area contributed by atoms with E-state index >= 15 is 0 Å². The van der Waals surface area contributed by atoms with Crippen LogP contribution in [0.2, 0.25) is 0 Å². The smallest absolute Gasteiger partial charge is 0.0547 e. The van der Waals surface area contributed by atoms with Crippen LogP contribution in [0.25, 0.3) is 0 Å². The average molecular weight is 269 g/mol. The number of rotatable bonds is 8. The fraction of sp³-hybridized carbons (Fsp3) is 1.00. The van der Waals surface area contributed by atoms with Crippen molar-refractivity contribution in [1.82, 2.24) is 15.1 Å². The molecule has 2 saturated heterocycles. The third kappa shape index (κ3) is 4.71. The highest BCUT2D eigenvalue weighted by atomic mass is 16.5. The lowest BCUT2D eigenvalue weighted by Crippen LogP contribution is -2.45. The number of likely N-dealkylation sites (N-methyl/N-ethyl adjacent to an activating group) is 1. The van der Waals surface area contributed by atoms with Gasteiger partial charge in [-0.25, -0.2) is 0 Å². The van der Waals surface area contributed by atoms with Crippen molar-refractivity contribution in [2.75, 3.05) is 66.1 Å². The summed E-state index contributed by atoms with van der Waals surface area (Å²) < 4.78 is 5.66. The first-order valence-corrected chi connectivity index (χ1v) is 7.93. The van der Waals surface area contributed by atoms with Crippen molar-refractivity contribution in [2.24, 2.45) is 5.41 Å². The van der Waals surface area contributed by atoms with E-state index in [-0.39, 0.29) is 0 Å². The number of nitrogens with zero attached hydrogens (tertiary/aromatic N) is 2. The molecule has 1 atom stereocenters. The van der Waals surface area contributed by atoms with Gasteiger partial charge in [-0.2, -0.15) is 0 Å². The van der Waals surface area contributed by atoms with Crippen LogP contribution in [0, 0.1) is 5.41 Å². The third-order valence-corrected chi connectivity index (χ3v) is 4.54. The Hall–Kier alpha value is -0.160. The third-order valence-electron chi connectivity index (χ3n) is 4.54. The van der Waals surface area contributed by atoms with Crippen LogP contribution in [0.15, 0.2) is 0 Å². The maximum absolute atomic E-state index is 5.66. The molecule has 0 aromatic rings. The van der Waals surface area contributed by atoms with Crippen molar-refractivity contribution < 1.29 is 4.74 Å². The highest BCUT2D eigenvalue weighted by molar-refractivity contribution is 4.88. The fourth-order valence-corrected chi connectivity index (χ4v) is 3.33. The summed E-state index contributed by atoms with van der Waals surface area (Å²) in [5, 5.41) is 3.52. The Kier molecular flexibility index (Phi) is 6.07. The van der Waals surface area contributed by atoms with E-state index in [1.165, 1.54) is 45.4 Å². The number of likely N-dealkylation sites (tertiary alicyclic amines) is 1. The van der Waals surface area contributed by atoms with Crippen molar-refractivity contribution >= 4 is 0 Å². The summed E-state index contributed by atoms with van der Waals surface area (Å²) >= 11 is 0. The fourth-order valence-electron chi connectivity index (χ4n) is 3.33. The molecular weight excluding hydrogens is 238 g/mol. The molecule has 2 aliphatic heterocycles. The molecule has 0 spiro atoms. The summed E-state index contributed by atoms with van der Waals surface area (Å²) in [5.41, 5.74) is 0.343. The van der Waals surface area contributed by atoms with E-state index in [9.17, 15) is 0 Å². The van der Waals surface area contributed by atoms with Crippen LogP contribution in [0.5, 0.6) is 0 Å². The van der Waals surface area contributed by atoms with Crippen LogP contribution in [-0.4, -0.2) is 75.9 Å². The van der Waals surface area contributed by atoms with E-state index in [1.807, 2.05) is 0 Å². The Morgan fingerprint density at radius 3 is 2.74 bits per heavy atom. The summed E-state index contributed by atoms with van der Waals surface area (Å²) in [6.07, 6.45) is 3.98. The minimum atomic E-state index is 0.343. The lowest BCUT2D eigenvalue weighted by molar-refractivity contribution is 0.115. The van der Waals surface area contributed by atoms with E-state index in [0.29, 0.717) is 5.41 Å². The lowest BCUT2D eigenvalue weighted by Gasteiger charge is -2.33. The molecule has 19 heavy (non-hydrogen) atoms. The summed E-state index contributed by atoms with van der Waals surface area (Å²) in [6.45, 7) is 12.4. The van der Waals surface area contributed by atoms with Crippen molar-refractivity contribution in [2.45, 2.75) is 26.2 Å². The number of hydrogen-bond donors (Lipinski definition) is 1. The van der Waals surface area contributed by atoms with Crippen molar-refractivity contribution in [3.63, 3.8) is 0 Å². The summed E-state index contributed by atoms with van der Waals surface area (Å²) in [4.78, 5) is 5.10. The molecule has 2 rings (SSSR count). The molecule has 1 N–H and O–H groups in total. The predicted octanol–water partition coefficient (Wildman–Crippen LogP) is 1.03. The molecule has 0 amide bonds. The Labute approximate surface area is 118 Å². The maximum Gasteiger partial charge on any atom is 0.0547 e. The Bertz CT molecular complexity index is 248. The van der Waals surface area contributed by atoms with Gasteiger partial charge in [0.25, 0.3) is 0 Å². The van der Waals surface area contributed by atoms with E-state index in [1.54, 1.807) is 0 Å². The van der Waals surface area contributed by atoms with Gasteiger partial charge >= 0.3 is 0 Å². The summed E-state index contributed by atoms with van der Waals surface area (Å²) in [5.74, 6) is 0. The Morgan fingerprint density at radius 1 is 1.32 bits per heavy atom. The molecule has 2 fully saturated rings. The Morgan fingerprint density at radius 2 is 2.11 bits per heavy atom. The number of hydrogen-bond acceptors (Lipinski definition) is 4. The minimum Gasteiger partial charge on any atom is -0.381 e. The maximum atomic E-state index is 5.66. The van der Waals surface area contributed by atoms with Crippen molar-refractivity contribution in [1.29, 1.82) is 0 Å². The molecule has 0 radical (unpaired) electrons. The molecule has 0 saturated carbocycles. The SMILES string of the molecule is CCNCC1(CN(C)CCN2CCCC2)CCOC1. The molecule has 4 heteroatoms. The lowest BCUT2D eigenvalue weighted by atomic mass is 9.86. The highest BCUT2D eigenvalue weighted by Gasteiger charge is 2.35. The second-order valence-corrected chi connectivity index (χ2v) is 6.37. The van der Waals surface area contributed by atoms with Gasteiger partial charge in [0.15, 0.2) is 0 Å². The predicted molar refractivity (Wildman–Crippen MR) is 79.6 cm³/mol. The van der Waals surface area contributed by atoms with Crippen LogP contribution in [0.4, 0.5) is 0 Å². The Balaban J connectivity index is 1.72. The molecule has 1 unspecified atom stereocenters. The standard InChI is InChI=1S/C15H31N3O/c1-3-16-12-15(6-11-19-14-15)13-17(2)9-10-18-7-4-5-8-18/h16H,3-14H2,1-2H3. The van der Waals surface area contributed by atoms with E-state index in [4.69, 9.17) is 4.74 Å². The average Bonchev–Trinajstić information content (AvgIpc) is 3.06. The highest BCUT2D eigenvalue weighted by Crippen LogP contribution is 2.28. The molecule has 2 heterocycles. The quantitative estimate of drug-likeness (QED) is 0.712. The van der Waals surface area contributed by atoms with Gasteiger partial charge in [0.05, 0.1) is 6.61 Å². The number of nitrogens with one attached hydrogen (secondary N) is 1. The van der Waals surface area contributed by atoms with Gasteiger partial charge in [-0.1, -0.05) is 6.92 Å². The van der Waals surface area contributed by atoms with Gasteiger partial charge in [0, 0.05) is 38.2 Å². The van der Waals surface area contributed by atoms with Crippen LogP contribution < -0.4 is 5.32 Å². The zero-order valence-electron chi connectivity index (χ0n) is 12.8. The van der Waals surface area contributed by atoms with Gasteiger partial charge in [0.1, 0.15) is 0 Å². The zero-order chi connectivity index (χ0) is 13.6. The molecule has 2 aliphatic rings. The van der Waals surface area contributed by atoms with E-state index in [0.717, 1.165) is 32.8 Å². The van der Waals surface area contributed by atoms with Crippen molar-refractivity contribution in [3.8, 4) is 0 Å². The zero-order valence-corrected chi connectivity index (χ0v) is 12.8. The molecule has 0 aromatic heterocycles. The summed E-state index contributed by atoms with van der Waals surface area (Å²) in [7, 11) is 2.27. The van der Waals surface area contributed by atoms with E-state index in [2.05, 4.69) is 29.1 Å². The van der Waals surface area contributed by atoms with Gasteiger partial charge in [0.2, 0.25) is 0 Å². The molecule has 0 aromatic carbocycles.